The second-order valence-electron chi connectivity index (χ2n) is 8.37. The molecule has 1 unspecified atom stereocenters. The molecule has 2 aliphatic rings. The third-order valence-electron chi connectivity index (χ3n) is 4.95. The van der Waals surface area contributed by atoms with Crippen molar-refractivity contribution in [1.82, 2.24) is 4.90 Å². The Bertz CT molecular complexity index is 739. The van der Waals surface area contributed by atoms with E-state index in [0.29, 0.717) is 25.1 Å². The first-order valence-corrected chi connectivity index (χ1v) is 9.95. The number of carbonyl (C=O) groups is 3. The summed E-state index contributed by atoms with van der Waals surface area (Å²) in [5, 5.41) is 2.90. The van der Waals surface area contributed by atoms with E-state index in [1.165, 1.54) is 4.90 Å². The zero-order valence-electron chi connectivity index (χ0n) is 16.9. The number of amides is 3. The predicted octanol–water partition coefficient (Wildman–Crippen LogP) is 3.54. The molecule has 3 amide bonds. The molecular weight excluding hydrogens is 358 g/mol. The van der Waals surface area contributed by atoms with Crippen LogP contribution in [0.2, 0.25) is 0 Å². The Balaban J connectivity index is 1.65. The highest BCUT2D eigenvalue weighted by Gasteiger charge is 2.34. The first-order chi connectivity index (χ1) is 13.2. The van der Waals surface area contributed by atoms with E-state index in [1.54, 1.807) is 17.0 Å². The van der Waals surface area contributed by atoms with E-state index in [1.807, 2.05) is 32.9 Å². The molecule has 28 heavy (non-hydrogen) atoms. The van der Waals surface area contributed by atoms with Crippen molar-refractivity contribution >= 4 is 29.3 Å². The van der Waals surface area contributed by atoms with Gasteiger partial charge in [0.25, 0.3) is 0 Å². The van der Waals surface area contributed by atoms with Gasteiger partial charge in [0.05, 0.1) is 0 Å². The van der Waals surface area contributed by atoms with E-state index in [4.69, 9.17) is 4.74 Å². The minimum atomic E-state index is -0.599. The summed E-state index contributed by atoms with van der Waals surface area (Å²) in [6.07, 6.45) is 3.39. The molecule has 1 atom stereocenters. The Kier molecular flexibility index (Phi) is 5.91. The number of hydrogen-bond acceptors (Lipinski definition) is 4. The van der Waals surface area contributed by atoms with Crippen LogP contribution in [0.3, 0.4) is 0 Å². The van der Waals surface area contributed by atoms with Gasteiger partial charge in [0.15, 0.2) is 0 Å². The first-order valence-electron chi connectivity index (χ1n) is 9.95. The minimum absolute atomic E-state index is 0.131. The van der Waals surface area contributed by atoms with Crippen LogP contribution >= 0.6 is 0 Å². The highest BCUT2D eigenvalue weighted by Crippen LogP contribution is 2.25. The van der Waals surface area contributed by atoms with E-state index in [-0.39, 0.29) is 11.8 Å². The van der Waals surface area contributed by atoms with Gasteiger partial charge in [0.2, 0.25) is 11.8 Å². The van der Waals surface area contributed by atoms with Crippen LogP contribution in [0.4, 0.5) is 16.2 Å². The molecule has 2 aliphatic heterocycles. The second-order valence-corrected chi connectivity index (χ2v) is 8.37. The summed E-state index contributed by atoms with van der Waals surface area (Å²) < 4.78 is 5.46. The summed E-state index contributed by atoms with van der Waals surface area (Å²) in [6, 6.07) is 6.72. The molecule has 0 radical (unpaired) electrons. The standard InChI is InChI=1S/C21H29N3O4/c1-21(2,3)28-20(27)24-13-5-4-7-17(24)19(26)22-15-9-11-16(12-10-15)23-14-6-8-18(23)25/h9-12,17H,4-8,13-14H2,1-3H3,(H,22,26). The lowest BCUT2D eigenvalue weighted by Gasteiger charge is -2.35. The van der Waals surface area contributed by atoms with Gasteiger partial charge in [0, 0.05) is 30.9 Å². The maximum atomic E-state index is 12.8. The highest BCUT2D eigenvalue weighted by molar-refractivity contribution is 5.98. The molecule has 0 aromatic heterocycles. The van der Waals surface area contributed by atoms with Crippen molar-refractivity contribution in [3.8, 4) is 0 Å². The third-order valence-corrected chi connectivity index (χ3v) is 4.95. The van der Waals surface area contributed by atoms with Crippen molar-refractivity contribution in [1.29, 1.82) is 0 Å². The molecule has 1 N–H and O–H groups in total. The van der Waals surface area contributed by atoms with Crippen LogP contribution in [0.1, 0.15) is 52.9 Å². The fraction of sp³-hybridized carbons (Fsp3) is 0.571. The monoisotopic (exact) mass is 387 g/mol. The van der Waals surface area contributed by atoms with Crippen LogP contribution < -0.4 is 10.2 Å². The van der Waals surface area contributed by atoms with Gasteiger partial charge in [-0.2, -0.15) is 0 Å². The van der Waals surface area contributed by atoms with Crippen LogP contribution in [0.25, 0.3) is 0 Å². The van der Waals surface area contributed by atoms with E-state index in [9.17, 15) is 14.4 Å². The van der Waals surface area contributed by atoms with Gasteiger partial charge < -0.3 is 15.0 Å². The average molecular weight is 387 g/mol. The van der Waals surface area contributed by atoms with Crippen molar-refractivity contribution in [3.63, 3.8) is 0 Å². The summed E-state index contributed by atoms with van der Waals surface area (Å²) in [6.45, 7) is 6.70. The SMILES string of the molecule is CC(C)(C)OC(=O)N1CCCCC1C(=O)Nc1ccc(N2CCCC2=O)cc1. The van der Waals surface area contributed by atoms with Gasteiger partial charge in [-0.15, -0.1) is 0 Å². The smallest absolute Gasteiger partial charge is 0.410 e. The van der Waals surface area contributed by atoms with E-state index < -0.39 is 17.7 Å². The molecular formula is C21H29N3O4. The van der Waals surface area contributed by atoms with Gasteiger partial charge in [0.1, 0.15) is 11.6 Å². The zero-order chi connectivity index (χ0) is 20.3. The lowest BCUT2D eigenvalue weighted by atomic mass is 10.0. The summed E-state index contributed by atoms with van der Waals surface area (Å²) in [5.74, 6) is -0.0810. The summed E-state index contributed by atoms with van der Waals surface area (Å²) >= 11 is 0. The maximum absolute atomic E-state index is 12.8. The van der Waals surface area contributed by atoms with Crippen molar-refractivity contribution in [3.05, 3.63) is 24.3 Å². The number of nitrogens with zero attached hydrogens (tertiary/aromatic N) is 2. The predicted molar refractivity (Wildman–Crippen MR) is 107 cm³/mol. The molecule has 0 saturated carbocycles. The van der Waals surface area contributed by atoms with Crippen LogP contribution in [0.5, 0.6) is 0 Å². The molecule has 7 heteroatoms. The molecule has 7 nitrogen and oxygen atoms in total. The van der Waals surface area contributed by atoms with Crippen LogP contribution in [0, 0.1) is 0 Å². The second kappa shape index (κ2) is 8.20. The fourth-order valence-electron chi connectivity index (χ4n) is 3.61. The zero-order valence-corrected chi connectivity index (χ0v) is 16.9. The average Bonchev–Trinajstić information content (AvgIpc) is 3.07. The summed E-state index contributed by atoms with van der Waals surface area (Å²) in [5.41, 5.74) is 0.891. The Labute approximate surface area is 166 Å². The molecule has 2 heterocycles. The molecule has 0 aliphatic carbocycles. The van der Waals surface area contributed by atoms with Crippen LogP contribution in [0.15, 0.2) is 24.3 Å². The minimum Gasteiger partial charge on any atom is -0.444 e. The maximum Gasteiger partial charge on any atom is 0.410 e. The van der Waals surface area contributed by atoms with Crippen LogP contribution in [-0.2, 0) is 14.3 Å². The first kappa shape index (κ1) is 20.2. The molecule has 0 bridgehead atoms. The molecule has 0 spiro atoms. The number of benzene rings is 1. The lowest BCUT2D eigenvalue weighted by Crippen LogP contribution is -2.51. The van der Waals surface area contributed by atoms with Crippen LogP contribution in [-0.4, -0.2) is 47.5 Å². The third kappa shape index (κ3) is 4.82. The quantitative estimate of drug-likeness (QED) is 0.860. The number of rotatable bonds is 3. The van der Waals surface area contributed by atoms with E-state index >= 15 is 0 Å². The molecule has 152 valence electrons. The number of carbonyl (C=O) groups excluding carboxylic acids is 3. The molecule has 1 aromatic carbocycles. The number of ether oxygens (including phenoxy) is 1. The topological polar surface area (TPSA) is 79.0 Å². The van der Waals surface area contributed by atoms with Gasteiger partial charge >= 0.3 is 6.09 Å². The van der Waals surface area contributed by atoms with Crippen molar-refractivity contribution < 1.29 is 19.1 Å². The van der Waals surface area contributed by atoms with Crippen molar-refractivity contribution in [2.45, 2.75) is 64.5 Å². The van der Waals surface area contributed by atoms with Gasteiger partial charge in [-0.1, -0.05) is 0 Å². The summed E-state index contributed by atoms with van der Waals surface area (Å²) in [4.78, 5) is 40.4. The Hall–Kier alpha value is -2.57. The largest absolute Gasteiger partial charge is 0.444 e. The van der Waals surface area contributed by atoms with E-state index in [0.717, 1.165) is 31.5 Å². The highest BCUT2D eigenvalue weighted by atomic mass is 16.6. The lowest BCUT2D eigenvalue weighted by molar-refractivity contribution is -0.122. The number of hydrogen-bond donors (Lipinski definition) is 1. The number of likely N-dealkylation sites (tertiary alicyclic amines) is 1. The van der Waals surface area contributed by atoms with E-state index in [2.05, 4.69) is 5.32 Å². The molecule has 2 saturated heterocycles. The van der Waals surface area contributed by atoms with Gasteiger partial charge in [-0.05, 0) is 70.7 Å². The van der Waals surface area contributed by atoms with Crippen molar-refractivity contribution in [2.24, 2.45) is 0 Å². The molecule has 1 aromatic rings. The normalized spacial score (nSPS) is 20.2. The number of piperidine rings is 1. The Morgan fingerprint density at radius 2 is 1.79 bits per heavy atom. The fourth-order valence-corrected chi connectivity index (χ4v) is 3.61. The Morgan fingerprint density at radius 1 is 1.07 bits per heavy atom. The summed E-state index contributed by atoms with van der Waals surface area (Å²) in [7, 11) is 0. The Morgan fingerprint density at radius 3 is 2.39 bits per heavy atom. The van der Waals surface area contributed by atoms with Gasteiger partial charge in [-0.3, -0.25) is 14.5 Å². The van der Waals surface area contributed by atoms with Crippen molar-refractivity contribution in [2.75, 3.05) is 23.3 Å². The molecule has 3 rings (SSSR count). The number of nitrogens with one attached hydrogen (secondary N) is 1. The number of anilines is 2. The molecule has 2 fully saturated rings. The van der Waals surface area contributed by atoms with Gasteiger partial charge in [-0.25, -0.2) is 4.79 Å².